The van der Waals surface area contributed by atoms with Gasteiger partial charge < -0.3 is 5.32 Å². The van der Waals surface area contributed by atoms with E-state index in [0.717, 1.165) is 10.2 Å². The van der Waals surface area contributed by atoms with Crippen LogP contribution in [0.4, 0.5) is 5.69 Å². The lowest BCUT2D eigenvalue weighted by Gasteiger charge is -2.30. The Balaban J connectivity index is 1.60. The average Bonchev–Trinajstić information content (AvgIpc) is 2.64. The molecule has 1 aromatic heterocycles. The fourth-order valence-electron chi connectivity index (χ4n) is 2.78. The molecule has 1 aromatic carbocycles. The number of hydrogen-bond donors (Lipinski definition) is 1. The van der Waals surface area contributed by atoms with Gasteiger partial charge in [0.15, 0.2) is 0 Å². The Morgan fingerprint density at radius 3 is 2.44 bits per heavy atom. The number of anilines is 1. The first kappa shape index (κ1) is 18.0. The number of rotatable bonds is 4. The molecule has 1 aliphatic heterocycles. The molecule has 0 bridgehead atoms. The molecule has 1 fully saturated rings. The summed E-state index contributed by atoms with van der Waals surface area (Å²) in [5.41, 5.74) is 0.735. The Hall–Kier alpha value is -1.77. The maximum absolute atomic E-state index is 12.6. The third-order valence-electron chi connectivity index (χ3n) is 4.21. The van der Waals surface area contributed by atoms with E-state index in [1.807, 2.05) is 24.3 Å². The Kier molecular flexibility index (Phi) is 5.51. The maximum Gasteiger partial charge on any atom is 0.244 e. The van der Waals surface area contributed by atoms with Crippen molar-refractivity contribution in [3.63, 3.8) is 0 Å². The van der Waals surface area contributed by atoms with E-state index in [9.17, 15) is 13.2 Å². The molecule has 1 N–H and O–H groups in total. The minimum absolute atomic E-state index is 0.0688. The number of nitrogens with zero attached hydrogens (tertiary/aromatic N) is 2. The Morgan fingerprint density at radius 1 is 1.16 bits per heavy atom. The first-order chi connectivity index (χ1) is 12.0. The van der Waals surface area contributed by atoms with Crippen molar-refractivity contribution in [2.75, 3.05) is 18.4 Å². The number of amides is 1. The Bertz CT molecular complexity index is 833. The van der Waals surface area contributed by atoms with E-state index in [1.165, 1.54) is 22.8 Å². The van der Waals surface area contributed by atoms with Crippen molar-refractivity contribution in [3.05, 3.63) is 53.3 Å². The molecule has 0 spiro atoms. The highest BCUT2D eigenvalue weighted by atomic mass is 79.9. The second kappa shape index (κ2) is 7.63. The van der Waals surface area contributed by atoms with Gasteiger partial charge in [0.25, 0.3) is 0 Å². The number of aromatic nitrogens is 1. The summed E-state index contributed by atoms with van der Waals surface area (Å²) >= 11 is 3.35. The minimum atomic E-state index is -3.54. The van der Waals surface area contributed by atoms with Crippen LogP contribution >= 0.6 is 15.9 Å². The van der Waals surface area contributed by atoms with E-state index >= 15 is 0 Å². The van der Waals surface area contributed by atoms with Crippen molar-refractivity contribution >= 4 is 37.5 Å². The largest absolute Gasteiger partial charge is 0.326 e. The maximum atomic E-state index is 12.6. The third-order valence-corrected chi connectivity index (χ3v) is 6.62. The third kappa shape index (κ3) is 4.26. The lowest BCUT2D eigenvalue weighted by molar-refractivity contribution is -0.120. The van der Waals surface area contributed by atoms with Gasteiger partial charge in [-0.05, 0) is 49.2 Å². The molecule has 0 saturated carbocycles. The topological polar surface area (TPSA) is 79.4 Å². The summed E-state index contributed by atoms with van der Waals surface area (Å²) in [5, 5.41) is 2.89. The second-order valence-corrected chi connectivity index (χ2v) is 8.72. The molecular weight excluding hydrogens is 406 g/mol. The van der Waals surface area contributed by atoms with Crippen LogP contribution in [0.5, 0.6) is 0 Å². The highest BCUT2D eigenvalue weighted by Gasteiger charge is 2.32. The molecule has 2 aromatic rings. The number of carbonyl (C=O) groups is 1. The van der Waals surface area contributed by atoms with E-state index in [0.29, 0.717) is 25.9 Å². The van der Waals surface area contributed by atoms with Gasteiger partial charge in [0.2, 0.25) is 15.9 Å². The number of pyridine rings is 1. The highest BCUT2D eigenvalue weighted by Crippen LogP contribution is 2.24. The average molecular weight is 424 g/mol. The fourth-order valence-corrected chi connectivity index (χ4v) is 4.48. The lowest BCUT2D eigenvalue weighted by atomic mass is 9.97. The molecule has 1 saturated heterocycles. The minimum Gasteiger partial charge on any atom is -0.326 e. The van der Waals surface area contributed by atoms with Gasteiger partial charge in [-0.25, -0.2) is 8.42 Å². The Labute approximate surface area is 155 Å². The smallest absolute Gasteiger partial charge is 0.244 e. The summed E-state index contributed by atoms with van der Waals surface area (Å²) in [7, 11) is -3.54. The molecule has 1 aliphatic rings. The van der Waals surface area contributed by atoms with E-state index in [1.54, 1.807) is 6.07 Å². The summed E-state index contributed by atoms with van der Waals surface area (Å²) in [6.45, 7) is 0.658. The normalized spacial score (nSPS) is 16.5. The van der Waals surface area contributed by atoms with Crippen LogP contribution in [0.2, 0.25) is 0 Å². The van der Waals surface area contributed by atoms with Crippen LogP contribution < -0.4 is 5.32 Å². The van der Waals surface area contributed by atoms with Crippen molar-refractivity contribution in [3.8, 4) is 0 Å². The zero-order valence-electron chi connectivity index (χ0n) is 13.4. The molecule has 8 heteroatoms. The molecule has 2 heterocycles. The number of sulfonamides is 1. The first-order valence-electron chi connectivity index (χ1n) is 7.93. The van der Waals surface area contributed by atoms with Crippen molar-refractivity contribution < 1.29 is 13.2 Å². The van der Waals surface area contributed by atoms with Crippen LogP contribution in [0, 0.1) is 5.92 Å². The van der Waals surface area contributed by atoms with Crippen LogP contribution in [0.3, 0.4) is 0 Å². The summed E-state index contributed by atoms with van der Waals surface area (Å²) in [6, 6.07) is 10.5. The fraction of sp³-hybridized carbons (Fsp3) is 0.294. The number of halogens is 1. The van der Waals surface area contributed by atoms with Gasteiger partial charge in [-0.3, -0.25) is 9.78 Å². The van der Waals surface area contributed by atoms with Gasteiger partial charge >= 0.3 is 0 Å². The predicted octanol–water partition coefficient (Wildman–Crippen LogP) is 2.88. The predicted molar refractivity (Wildman–Crippen MR) is 98.5 cm³/mol. The molecule has 1 amide bonds. The van der Waals surface area contributed by atoms with Gasteiger partial charge in [-0.2, -0.15) is 4.31 Å². The number of piperidine rings is 1. The molecule has 132 valence electrons. The van der Waals surface area contributed by atoms with Crippen molar-refractivity contribution in [2.24, 2.45) is 5.92 Å². The number of hydrogen-bond acceptors (Lipinski definition) is 4. The van der Waals surface area contributed by atoms with Crippen LogP contribution in [-0.4, -0.2) is 36.7 Å². The molecular formula is C17H18BrN3O3S. The van der Waals surface area contributed by atoms with Crippen molar-refractivity contribution in [1.29, 1.82) is 0 Å². The lowest BCUT2D eigenvalue weighted by Crippen LogP contribution is -2.41. The second-order valence-electron chi connectivity index (χ2n) is 5.86. The quantitative estimate of drug-likeness (QED) is 0.819. The summed E-state index contributed by atoms with van der Waals surface area (Å²) in [5.74, 6) is -0.259. The zero-order chi connectivity index (χ0) is 17.9. The van der Waals surface area contributed by atoms with Crippen LogP contribution in [-0.2, 0) is 14.8 Å². The molecule has 0 radical (unpaired) electrons. The first-order valence-corrected chi connectivity index (χ1v) is 10.2. The van der Waals surface area contributed by atoms with Crippen molar-refractivity contribution in [1.82, 2.24) is 9.29 Å². The van der Waals surface area contributed by atoms with Gasteiger partial charge in [-0.15, -0.1) is 0 Å². The molecule has 3 rings (SSSR count). The zero-order valence-corrected chi connectivity index (χ0v) is 15.8. The van der Waals surface area contributed by atoms with Gasteiger partial charge in [0.05, 0.1) is 0 Å². The van der Waals surface area contributed by atoms with Crippen molar-refractivity contribution in [2.45, 2.75) is 17.7 Å². The van der Waals surface area contributed by atoms with Gasteiger partial charge in [-0.1, -0.05) is 15.9 Å². The number of nitrogens with one attached hydrogen (secondary N) is 1. The molecule has 0 unspecified atom stereocenters. The number of carbonyl (C=O) groups excluding carboxylic acids is 1. The highest BCUT2D eigenvalue weighted by molar-refractivity contribution is 9.10. The number of benzene rings is 1. The molecule has 6 nitrogen and oxygen atoms in total. The standard InChI is InChI=1S/C17H18BrN3O3S/c18-14-3-5-15(6-4-14)20-17(22)13-7-10-21(11-8-13)25(23,24)16-2-1-9-19-12-16/h1-6,9,12-13H,7-8,10-11H2,(H,20,22). The molecule has 0 atom stereocenters. The SMILES string of the molecule is O=C(Nc1ccc(Br)cc1)C1CCN(S(=O)(=O)c2cccnc2)CC1. The summed E-state index contributed by atoms with van der Waals surface area (Å²) in [6.07, 6.45) is 3.89. The summed E-state index contributed by atoms with van der Waals surface area (Å²) < 4.78 is 27.5. The van der Waals surface area contributed by atoms with Crippen LogP contribution in [0.1, 0.15) is 12.8 Å². The van der Waals surface area contributed by atoms with Crippen LogP contribution in [0.25, 0.3) is 0 Å². The van der Waals surface area contributed by atoms with E-state index in [-0.39, 0.29) is 16.7 Å². The van der Waals surface area contributed by atoms with E-state index in [2.05, 4.69) is 26.2 Å². The Morgan fingerprint density at radius 2 is 1.84 bits per heavy atom. The molecule has 0 aliphatic carbocycles. The van der Waals surface area contributed by atoms with Gasteiger partial charge in [0, 0.05) is 41.6 Å². The van der Waals surface area contributed by atoms with Gasteiger partial charge in [0.1, 0.15) is 4.90 Å². The summed E-state index contributed by atoms with van der Waals surface area (Å²) in [4.78, 5) is 16.4. The molecule has 25 heavy (non-hydrogen) atoms. The monoisotopic (exact) mass is 423 g/mol. The van der Waals surface area contributed by atoms with Crippen LogP contribution in [0.15, 0.2) is 58.2 Å². The van der Waals surface area contributed by atoms with E-state index < -0.39 is 10.0 Å². The van der Waals surface area contributed by atoms with E-state index in [4.69, 9.17) is 0 Å².